The first-order chi connectivity index (χ1) is 7.78. The third-order valence-corrected chi connectivity index (χ3v) is 5.98. The van der Waals surface area contributed by atoms with Crippen LogP contribution in [0.25, 0.3) is 0 Å². The van der Waals surface area contributed by atoms with Gasteiger partial charge in [-0.05, 0) is 41.6 Å². The molecule has 1 N–H and O–H groups in total. The summed E-state index contributed by atoms with van der Waals surface area (Å²) in [4.78, 5) is 11.9. The Morgan fingerprint density at radius 2 is 2.00 bits per heavy atom. The van der Waals surface area contributed by atoms with Crippen molar-refractivity contribution in [2.45, 2.75) is 46.1 Å². The molecule has 2 heteroatoms. The molecule has 0 aliphatic heterocycles. The van der Waals surface area contributed by atoms with Gasteiger partial charge in [-0.3, -0.25) is 4.79 Å². The van der Waals surface area contributed by atoms with Crippen LogP contribution in [0.15, 0.2) is 12.2 Å². The van der Waals surface area contributed by atoms with E-state index in [0.29, 0.717) is 18.3 Å². The van der Waals surface area contributed by atoms with Gasteiger partial charge >= 0.3 is 0 Å². The van der Waals surface area contributed by atoms with Crippen molar-refractivity contribution in [1.82, 2.24) is 0 Å². The van der Waals surface area contributed by atoms with Gasteiger partial charge in [-0.25, -0.2) is 0 Å². The van der Waals surface area contributed by atoms with Gasteiger partial charge in [-0.15, -0.1) is 0 Å². The second kappa shape index (κ2) is 3.03. The summed E-state index contributed by atoms with van der Waals surface area (Å²) in [5.41, 5.74) is 0.649. The molecule has 3 fully saturated rings. The molecule has 0 heterocycles. The lowest BCUT2D eigenvalue weighted by Gasteiger charge is -2.37. The van der Waals surface area contributed by atoms with Crippen molar-refractivity contribution < 1.29 is 9.90 Å². The average Bonchev–Trinajstić information content (AvgIpc) is 2.68. The number of ketones is 1. The quantitative estimate of drug-likeness (QED) is 0.654. The average molecular weight is 234 g/mol. The first-order valence-electron chi connectivity index (χ1n) is 6.69. The lowest BCUT2D eigenvalue weighted by atomic mass is 9.69. The second-order valence-corrected chi connectivity index (χ2v) is 7.24. The number of Topliss-reactive ketones (excluding diaryl/α,β-unsaturated/α-hetero) is 1. The highest BCUT2D eigenvalue weighted by Crippen LogP contribution is 2.67. The number of rotatable bonds is 0. The molecule has 0 unspecified atom stereocenters. The van der Waals surface area contributed by atoms with Crippen molar-refractivity contribution in [2.75, 3.05) is 0 Å². The van der Waals surface area contributed by atoms with E-state index >= 15 is 0 Å². The van der Waals surface area contributed by atoms with E-state index in [1.165, 1.54) is 0 Å². The number of carbonyl (C=O) groups is 1. The zero-order chi connectivity index (χ0) is 12.6. The van der Waals surface area contributed by atoms with Crippen molar-refractivity contribution in [2.24, 2.45) is 28.6 Å². The van der Waals surface area contributed by atoms with E-state index in [4.69, 9.17) is 0 Å². The maximum atomic E-state index is 11.9. The van der Waals surface area contributed by atoms with Gasteiger partial charge in [0.15, 0.2) is 5.78 Å². The first kappa shape index (κ1) is 11.5. The zero-order valence-corrected chi connectivity index (χ0v) is 11.0. The summed E-state index contributed by atoms with van der Waals surface area (Å²) < 4.78 is 0. The molecule has 0 aromatic carbocycles. The van der Waals surface area contributed by atoms with E-state index in [0.717, 1.165) is 18.4 Å². The molecule has 0 aromatic heterocycles. The number of allylic oxidation sites excluding steroid dienone is 1. The van der Waals surface area contributed by atoms with Crippen LogP contribution >= 0.6 is 0 Å². The molecule has 5 atom stereocenters. The molecule has 0 bridgehead atoms. The molecule has 3 aliphatic rings. The van der Waals surface area contributed by atoms with Crippen molar-refractivity contribution >= 4 is 5.78 Å². The molecule has 0 radical (unpaired) electrons. The van der Waals surface area contributed by atoms with Crippen molar-refractivity contribution in [3.8, 4) is 0 Å². The maximum absolute atomic E-state index is 11.9. The topological polar surface area (TPSA) is 37.3 Å². The molecular formula is C15H22O2. The second-order valence-electron chi connectivity index (χ2n) is 7.24. The van der Waals surface area contributed by atoms with Gasteiger partial charge in [0.1, 0.15) is 0 Å². The largest absolute Gasteiger partial charge is 0.392 e. The summed E-state index contributed by atoms with van der Waals surface area (Å²) in [5, 5.41) is 10.6. The Kier molecular flexibility index (Phi) is 2.04. The fourth-order valence-corrected chi connectivity index (χ4v) is 4.99. The minimum absolute atomic E-state index is 0.00473. The van der Waals surface area contributed by atoms with Crippen LogP contribution in [-0.2, 0) is 4.79 Å². The van der Waals surface area contributed by atoms with Crippen molar-refractivity contribution in [3.05, 3.63) is 12.2 Å². The highest BCUT2D eigenvalue weighted by atomic mass is 16.3. The summed E-state index contributed by atoms with van der Waals surface area (Å²) in [6, 6.07) is 0. The van der Waals surface area contributed by atoms with Gasteiger partial charge in [-0.2, -0.15) is 0 Å². The number of aliphatic hydroxyl groups excluding tert-OH is 1. The van der Waals surface area contributed by atoms with Gasteiger partial charge < -0.3 is 5.11 Å². The van der Waals surface area contributed by atoms with Gasteiger partial charge in [-0.1, -0.05) is 27.4 Å². The first-order valence-corrected chi connectivity index (χ1v) is 6.69. The molecule has 0 saturated heterocycles. The third-order valence-electron chi connectivity index (χ3n) is 5.98. The summed E-state index contributed by atoms with van der Waals surface area (Å²) in [6.07, 6.45) is 2.57. The predicted molar refractivity (Wildman–Crippen MR) is 66.4 cm³/mol. The van der Waals surface area contributed by atoms with E-state index in [-0.39, 0.29) is 28.6 Å². The Bertz CT molecular complexity index is 409. The van der Waals surface area contributed by atoms with Crippen molar-refractivity contribution in [3.63, 3.8) is 0 Å². The fourth-order valence-electron chi connectivity index (χ4n) is 4.99. The van der Waals surface area contributed by atoms with Crippen LogP contribution in [0.5, 0.6) is 0 Å². The number of fused-ring (bicyclic) bond motifs is 3. The highest BCUT2D eigenvalue weighted by molar-refractivity contribution is 5.99. The highest BCUT2D eigenvalue weighted by Gasteiger charge is 2.65. The zero-order valence-electron chi connectivity index (χ0n) is 11.0. The Morgan fingerprint density at radius 3 is 2.65 bits per heavy atom. The monoisotopic (exact) mass is 234 g/mol. The van der Waals surface area contributed by atoms with Gasteiger partial charge in [0, 0.05) is 11.8 Å². The standard InChI is InChI=1S/C15H22O2/c1-8-11(16)6-10-5-9-7-14(2,3)13(17)12(9)15(8,10)4/h9-10,12-13,17H,1,5-7H2,2-4H3/t9-,10-,12-,13+,15+/m0/s1. The minimum atomic E-state index is -0.287. The van der Waals surface area contributed by atoms with Crippen LogP contribution in [0.4, 0.5) is 0 Å². The summed E-state index contributed by atoms with van der Waals surface area (Å²) in [7, 11) is 0. The van der Waals surface area contributed by atoms with Crippen LogP contribution in [-0.4, -0.2) is 17.0 Å². The van der Waals surface area contributed by atoms with Crippen LogP contribution < -0.4 is 0 Å². The minimum Gasteiger partial charge on any atom is -0.392 e. The molecule has 2 nitrogen and oxygen atoms in total. The van der Waals surface area contributed by atoms with Crippen LogP contribution in [0.2, 0.25) is 0 Å². The Balaban J connectivity index is 2.04. The molecule has 94 valence electrons. The normalized spacial score (nSPS) is 51.8. The lowest BCUT2D eigenvalue weighted by Crippen LogP contribution is -2.38. The maximum Gasteiger partial charge on any atom is 0.159 e. The molecule has 3 aliphatic carbocycles. The molecule has 0 amide bonds. The van der Waals surface area contributed by atoms with E-state index in [9.17, 15) is 9.90 Å². The molecule has 17 heavy (non-hydrogen) atoms. The number of aliphatic hydroxyl groups is 1. The molecule has 3 saturated carbocycles. The Hall–Kier alpha value is -0.630. The number of carbonyl (C=O) groups excluding carboxylic acids is 1. The van der Waals surface area contributed by atoms with E-state index in [1.807, 2.05) is 0 Å². The van der Waals surface area contributed by atoms with Crippen LogP contribution in [0.3, 0.4) is 0 Å². The van der Waals surface area contributed by atoms with Gasteiger partial charge in [0.25, 0.3) is 0 Å². The number of hydrogen-bond donors (Lipinski definition) is 1. The lowest BCUT2D eigenvalue weighted by molar-refractivity contribution is -0.115. The number of hydrogen-bond acceptors (Lipinski definition) is 2. The van der Waals surface area contributed by atoms with Crippen LogP contribution in [0.1, 0.15) is 40.0 Å². The Morgan fingerprint density at radius 1 is 1.35 bits per heavy atom. The SMILES string of the molecule is C=C1C(=O)C[C@@H]2C[C@H]3CC(C)(C)[C@H](O)[C@H]3[C@]12C. The summed E-state index contributed by atoms with van der Waals surface area (Å²) in [6.45, 7) is 10.5. The molecule has 0 spiro atoms. The smallest absolute Gasteiger partial charge is 0.159 e. The van der Waals surface area contributed by atoms with Crippen molar-refractivity contribution in [1.29, 1.82) is 0 Å². The van der Waals surface area contributed by atoms with E-state index < -0.39 is 0 Å². The van der Waals surface area contributed by atoms with Gasteiger partial charge in [0.05, 0.1) is 6.10 Å². The molecular weight excluding hydrogens is 212 g/mol. The molecule has 0 aromatic rings. The van der Waals surface area contributed by atoms with E-state index in [1.54, 1.807) is 0 Å². The molecule has 3 rings (SSSR count). The Labute approximate surface area is 103 Å². The van der Waals surface area contributed by atoms with E-state index in [2.05, 4.69) is 27.4 Å². The fraction of sp³-hybridized carbons (Fsp3) is 0.800. The van der Waals surface area contributed by atoms with Crippen LogP contribution in [0, 0.1) is 28.6 Å². The summed E-state index contributed by atoms with van der Waals surface area (Å²) >= 11 is 0. The summed E-state index contributed by atoms with van der Waals surface area (Å²) in [5.74, 6) is 1.50. The van der Waals surface area contributed by atoms with Gasteiger partial charge in [0.2, 0.25) is 0 Å². The third kappa shape index (κ3) is 1.17. The predicted octanol–water partition coefficient (Wildman–Crippen LogP) is 2.56.